The molecular weight excluding hydrogens is 365 g/mol. The summed E-state index contributed by atoms with van der Waals surface area (Å²) in [6.07, 6.45) is -0.552. The van der Waals surface area contributed by atoms with Gasteiger partial charge in [-0.15, -0.1) is 0 Å². The number of thioether (sulfide) groups is 1. The fraction of sp³-hybridized carbons (Fsp3) is 0.278. The lowest BCUT2D eigenvalue weighted by Gasteiger charge is -2.14. The minimum absolute atomic E-state index is 0.131. The van der Waals surface area contributed by atoms with Crippen LogP contribution < -0.4 is 10.1 Å². The van der Waals surface area contributed by atoms with Gasteiger partial charge in [-0.05, 0) is 48.9 Å². The molecule has 2 rings (SSSR count). The van der Waals surface area contributed by atoms with E-state index in [1.165, 1.54) is 5.56 Å². The monoisotopic (exact) mass is 383 g/mol. The largest absolute Gasteiger partial charge is 0.481 e. The number of carbonyl (C=O) groups is 1. The Labute approximate surface area is 156 Å². The van der Waals surface area contributed by atoms with Gasteiger partial charge in [-0.25, -0.2) is 0 Å². The van der Waals surface area contributed by atoms with Crippen molar-refractivity contribution < 1.29 is 9.53 Å². The van der Waals surface area contributed by atoms with E-state index < -0.39 is 6.10 Å². The zero-order chi connectivity index (χ0) is 17.4. The molecule has 0 aromatic heterocycles. The molecule has 0 radical (unpaired) electrons. The lowest BCUT2D eigenvalue weighted by Crippen LogP contribution is -2.37. The van der Waals surface area contributed by atoms with Crippen LogP contribution in [0, 0.1) is 0 Å². The minimum Gasteiger partial charge on any atom is -0.481 e. The lowest BCUT2D eigenvalue weighted by atomic mass is 10.2. The molecule has 1 amide bonds. The van der Waals surface area contributed by atoms with Crippen molar-refractivity contribution >= 4 is 40.9 Å². The molecule has 0 spiro atoms. The van der Waals surface area contributed by atoms with Crippen LogP contribution >= 0.6 is 35.0 Å². The van der Waals surface area contributed by atoms with E-state index >= 15 is 0 Å². The normalized spacial score (nSPS) is 11.8. The van der Waals surface area contributed by atoms with Crippen LogP contribution in [-0.4, -0.2) is 24.3 Å². The Morgan fingerprint density at radius 3 is 2.62 bits per heavy atom. The summed E-state index contributed by atoms with van der Waals surface area (Å²) in [5.41, 5.74) is 1.18. The van der Waals surface area contributed by atoms with Crippen LogP contribution in [-0.2, 0) is 10.5 Å². The van der Waals surface area contributed by atoms with E-state index in [4.69, 9.17) is 27.9 Å². The average Bonchev–Trinajstić information content (AvgIpc) is 2.56. The van der Waals surface area contributed by atoms with Crippen LogP contribution in [0.25, 0.3) is 0 Å². The molecule has 2 aromatic rings. The number of hydrogen-bond donors (Lipinski definition) is 1. The summed E-state index contributed by atoms with van der Waals surface area (Å²) in [7, 11) is 0. The second kappa shape index (κ2) is 9.82. The van der Waals surface area contributed by atoms with Crippen molar-refractivity contribution in [2.75, 3.05) is 12.3 Å². The maximum atomic E-state index is 12.0. The van der Waals surface area contributed by atoms with Crippen molar-refractivity contribution in [3.8, 4) is 5.75 Å². The van der Waals surface area contributed by atoms with Gasteiger partial charge in [0.05, 0.1) is 0 Å². The molecule has 6 heteroatoms. The molecule has 3 nitrogen and oxygen atoms in total. The summed E-state index contributed by atoms with van der Waals surface area (Å²) < 4.78 is 5.58. The van der Waals surface area contributed by atoms with Crippen LogP contribution in [0.15, 0.2) is 48.5 Å². The summed E-state index contributed by atoms with van der Waals surface area (Å²) in [6, 6.07) is 14.7. The van der Waals surface area contributed by atoms with Crippen molar-refractivity contribution in [2.24, 2.45) is 0 Å². The summed E-state index contributed by atoms with van der Waals surface area (Å²) >= 11 is 13.5. The van der Waals surface area contributed by atoms with Gasteiger partial charge in [0.15, 0.2) is 6.10 Å². The van der Waals surface area contributed by atoms with Crippen molar-refractivity contribution in [2.45, 2.75) is 18.8 Å². The highest BCUT2D eigenvalue weighted by Crippen LogP contribution is 2.17. The first kappa shape index (κ1) is 19.0. The molecule has 0 heterocycles. The summed E-state index contributed by atoms with van der Waals surface area (Å²) in [5.74, 6) is 2.19. The van der Waals surface area contributed by atoms with Crippen LogP contribution in [0.1, 0.15) is 12.5 Å². The van der Waals surface area contributed by atoms with E-state index in [-0.39, 0.29) is 5.91 Å². The molecular formula is C18H19Cl2NO2S. The van der Waals surface area contributed by atoms with Crippen molar-refractivity contribution in [3.63, 3.8) is 0 Å². The molecule has 0 fully saturated rings. The fourth-order valence-electron chi connectivity index (χ4n) is 1.98. The third-order valence-electron chi connectivity index (χ3n) is 3.20. The molecule has 2 aromatic carbocycles. The number of benzene rings is 2. The van der Waals surface area contributed by atoms with Gasteiger partial charge in [-0.1, -0.05) is 35.3 Å². The van der Waals surface area contributed by atoms with Crippen molar-refractivity contribution in [3.05, 3.63) is 64.1 Å². The summed E-state index contributed by atoms with van der Waals surface area (Å²) in [6.45, 7) is 2.32. The second-order valence-electron chi connectivity index (χ2n) is 5.19. The Bertz CT molecular complexity index is 664. The highest BCUT2D eigenvalue weighted by Gasteiger charge is 2.13. The van der Waals surface area contributed by atoms with E-state index in [0.717, 1.165) is 16.5 Å². The predicted octanol–water partition coefficient (Wildman–Crippen LogP) is 4.81. The highest BCUT2D eigenvalue weighted by molar-refractivity contribution is 7.98. The summed E-state index contributed by atoms with van der Waals surface area (Å²) in [4.78, 5) is 12.0. The number of nitrogens with one attached hydrogen (secondary N) is 1. The Morgan fingerprint density at radius 2 is 1.92 bits per heavy atom. The molecule has 0 aliphatic heterocycles. The highest BCUT2D eigenvalue weighted by atomic mass is 35.5. The minimum atomic E-state index is -0.552. The van der Waals surface area contributed by atoms with Gasteiger partial charge in [-0.3, -0.25) is 4.79 Å². The van der Waals surface area contributed by atoms with Gasteiger partial charge in [0.2, 0.25) is 0 Å². The second-order valence-corrected chi connectivity index (χ2v) is 7.17. The van der Waals surface area contributed by atoms with Crippen LogP contribution in [0.3, 0.4) is 0 Å². The van der Waals surface area contributed by atoms with Crippen molar-refractivity contribution in [1.29, 1.82) is 0 Å². The molecule has 0 unspecified atom stereocenters. The number of hydrogen-bond acceptors (Lipinski definition) is 3. The molecule has 0 aliphatic rings. The number of amides is 1. The van der Waals surface area contributed by atoms with Gasteiger partial charge >= 0.3 is 0 Å². The van der Waals surface area contributed by atoms with Crippen molar-refractivity contribution in [1.82, 2.24) is 5.32 Å². The maximum absolute atomic E-state index is 12.0. The number of carbonyl (C=O) groups excluding carboxylic acids is 1. The zero-order valence-electron chi connectivity index (χ0n) is 13.3. The quantitative estimate of drug-likeness (QED) is 0.664. The predicted molar refractivity (Wildman–Crippen MR) is 102 cm³/mol. The molecule has 1 N–H and O–H groups in total. The standard InChI is InChI=1S/C18H19Cl2NO2S/c1-13(23-17-7-5-15(19)6-8-17)18(22)21-9-10-24-12-14-3-2-4-16(20)11-14/h2-8,11,13H,9-10,12H2,1H3,(H,21,22)/t13-/m0/s1. The first-order valence-electron chi connectivity index (χ1n) is 7.57. The number of rotatable bonds is 8. The third-order valence-corrected chi connectivity index (χ3v) is 4.72. The lowest BCUT2D eigenvalue weighted by molar-refractivity contribution is -0.127. The SMILES string of the molecule is C[C@H](Oc1ccc(Cl)cc1)C(=O)NCCSCc1cccc(Cl)c1. The van der Waals surface area contributed by atoms with E-state index in [1.807, 2.05) is 24.3 Å². The molecule has 0 aliphatic carbocycles. The van der Waals surface area contributed by atoms with Gasteiger partial charge in [0, 0.05) is 28.1 Å². The fourth-order valence-corrected chi connectivity index (χ4v) is 3.12. The Kier molecular flexibility index (Phi) is 7.76. The Balaban J connectivity index is 1.64. The van der Waals surface area contributed by atoms with Crippen LogP contribution in [0.5, 0.6) is 5.75 Å². The molecule has 128 valence electrons. The topological polar surface area (TPSA) is 38.3 Å². The molecule has 0 saturated carbocycles. The van der Waals surface area contributed by atoms with E-state index in [0.29, 0.717) is 17.3 Å². The molecule has 1 atom stereocenters. The van der Waals surface area contributed by atoms with Gasteiger partial charge in [-0.2, -0.15) is 11.8 Å². The van der Waals surface area contributed by atoms with Crippen LogP contribution in [0.2, 0.25) is 10.0 Å². The maximum Gasteiger partial charge on any atom is 0.260 e. The first-order valence-corrected chi connectivity index (χ1v) is 9.48. The van der Waals surface area contributed by atoms with Gasteiger partial charge in [0.1, 0.15) is 5.75 Å². The Morgan fingerprint density at radius 1 is 1.17 bits per heavy atom. The Hall–Kier alpha value is -1.36. The molecule has 0 saturated heterocycles. The van der Waals surface area contributed by atoms with E-state index in [9.17, 15) is 4.79 Å². The average molecular weight is 384 g/mol. The van der Waals surface area contributed by atoms with Gasteiger partial charge in [0.25, 0.3) is 5.91 Å². The summed E-state index contributed by atoms with van der Waals surface area (Å²) in [5, 5.41) is 4.26. The third kappa shape index (κ3) is 6.63. The van der Waals surface area contributed by atoms with Gasteiger partial charge < -0.3 is 10.1 Å². The molecule has 0 bridgehead atoms. The number of halogens is 2. The smallest absolute Gasteiger partial charge is 0.260 e. The molecule has 24 heavy (non-hydrogen) atoms. The first-order chi connectivity index (χ1) is 11.5. The zero-order valence-corrected chi connectivity index (χ0v) is 15.6. The van der Waals surface area contributed by atoms with E-state index in [1.54, 1.807) is 43.0 Å². The number of ether oxygens (including phenoxy) is 1. The van der Waals surface area contributed by atoms with E-state index in [2.05, 4.69) is 5.32 Å². The van der Waals surface area contributed by atoms with Crippen LogP contribution in [0.4, 0.5) is 0 Å².